The van der Waals surface area contributed by atoms with E-state index in [2.05, 4.69) is 21.2 Å². The standard InChI is InChI=1S/C8H14BrNO4/c1-8(2,3)14-7(13)10-5(4-9)6(11)12/h5H,4H2,1-3H3,(H,10,13)(H,11,12). The molecule has 0 aromatic heterocycles. The van der Waals surface area contributed by atoms with Gasteiger partial charge in [0.05, 0.1) is 0 Å². The summed E-state index contributed by atoms with van der Waals surface area (Å²) in [6, 6.07) is -0.968. The molecule has 0 saturated heterocycles. The van der Waals surface area contributed by atoms with E-state index in [9.17, 15) is 9.59 Å². The summed E-state index contributed by atoms with van der Waals surface area (Å²) in [6.07, 6.45) is -0.732. The second-order valence-electron chi connectivity index (χ2n) is 3.69. The van der Waals surface area contributed by atoms with Crippen LogP contribution in [0.1, 0.15) is 20.8 Å². The highest BCUT2D eigenvalue weighted by Crippen LogP contribution is 2.07. The van der Waals surface area contributed by atoms with Crippen molar-refractivity contribution in [1.82, 2.24) is 5.32 Å². The third-order valence-corrected chi connectivity index (χ3v) is 1.79. The summed E-state index contributed by atoms with van der Waals surface area (Å²) in [5.74, 6) is -1.10. The van der Waals surface area contributed by atoms with E-state index in [1.165, 1.54) is 0 Å². The maximum absolute atomic E-state index is 11.1. The third kappa shape index (κ3) is 5.80. The number of amides is 1. The van der Waals surface area contributed by atoms with Crippen molar-refractivity contribution in [1.29, 1.82) is 0 Å². The number of rotatable bonds is 3. The first-order valence-corrected chi connectivity index (χ1v) is 5.16. The Labute approximate surface area is 90.9 Å². The molecule has 0 aliphatic carbocycles. The second kappa shape index (κ2) is 5.19. The van der Waals surface area contributed by atoms with Gasteiger partial charge in [0.25, 0.3) is 0 Å². The number of alkyl halides is 1. The molecule has 0 rings (SSSR count). The summed E-state index contributed by atoms with van der Waals surface area (Å²) in [5.41, 5.74) is -0.626. The van der Waals surface area contributed by atoms with Crippen molar-refractivity contribution in [3.8, 4) is 0 Å². The summed E-state index contributed by atoms with van der Waals surface area (Å²) in [6.45, 7) is 5.11. The third-order valence-electron chi connectivity index (χ3n) is 1.14. The maximum Gasteiger partial charge on any atom is 0.408 e. The van der Waals surface area contributed by atoms with Crippen molar-refractivity contribution >= 4 is 28.0 Å². The highest BCUT2D eigenvalue weighted by atomic mass is 79.9. The van der Waals surface area contributed by atoms with Crippen LogP contribution in [0.2, 0.25) is 0 Å². The molecule has 0 aromatic rings. The smallest absolute Gasteiger partial charge is 0.408 e. The zero-order valence-electron chi connectivity index (χ0n) is 8.33. The first-order valence-electron chi connectivity index (χ1n) is 4.04. The second-order valence-corrected chi connectivity index (χ2v) is 4.34. The molecular formula is C8H14BrNO4. The van der Waals surface area contributed by atoms with Crippen LogP contribution in [0.5, 0.6) is 0 Å². The molecule has 1 unspecified atom stereocenters. The Kier molecular flexibility index (Phi) is 4.90. The number of carboxylic acids is 1. The summed E-state index contributed by atoms with van der Waals surface area (Å²) in [5, 5.41) is 11.0. The molecule has 0 heterocycles. The number of hydrogen-bond acceptors (Lipinski definition) is 3. The quantitative estimate of drug-likeness (QED) is 0.758. The molecule has 2 N–H and O–H groups in total. The van der Waals surface area contributed by atoms with Crippen LogP contribution in [0.25, 0.3) is 0 Å². The van der Waals surface area contributed by atoms with E-state index >= 15 is 0 Å². The van der Waals surface area contributed by atoms with Crippen molar-refractivity contribution in [2.24, 2.45) is 0 Å². The van der Waals surface area contributed by atoms with Crippen molar-refractivity contribution < 1.29 is 19.4 Å². The van der Waals surface area contributed by atoms with Crippen LogP contribution < -0.4 is 5.32 Å². The molecule has 82 valence electrons. The molecule has 1 atom stereocenters. The van der Waals surface area contributed by atoms with Gasteiger partial charge in [0.15, 0.2) is 0 Å². The lowest BCUT2D eigenvalue weighted by Crippen LogP contribution is -2.44. The number of carbonyl (C=O) groups is 2. The van der Waals surface area contributed by atoms with Crippen LogP contribution >= 0.6 is 15.9 Å². The number of nitrogens with one attached hydrogen (secondary N) is 1. The Hall–Kier alpha value is -0.780. The number of carboxylic acid groups (broad SMARTS) is 1. The lowest BCUT2D eigenvalue weighted by molar-refractivity contribution is -0.138. The number of ether oxygens (including phenoxy) is 1. The molecule has 6 heteroatoms. The van der Waals surface area contributed by atoms with Crippen LogP contribution in [0.3, 0.4) is 0 Å². The maximum atomic E-state index is 11.1. The van der Waals surface area contributed by atoms with Crippen molar-refractivity contribution in [2.45, 2.75) is 32.4 Å². The van der Waals surface area contributed by atoms with Crippen LogP contribution in [-0.4, -0.2) is 34.1 Å². The highest BCUT2D eigenvalue weighted by Gasteiger charge is 2.22. The molecule has 0 aromatic carbocycles. The molecule has 0 aliphatic rings. The Morgan fingerprint density at radius 2 is 2.00 bits per heavy atom. The minimum absolute atomic E-state index is 0.140. The van der Waals surface area contributed by atoms with E-state index in [4.69, 9.17) is 9.84 Å². The number of halogens is 1. The fourth-order valence-electron chi connectivity index (χ4n) is 0.616. The van der Waals surface area contributed by atoms with Crippen LogP contribution in [0, 0.1) is 0 Å². The van der Waals surface area contributed by atoms with E-state index in [-0.39, 0.29) is 5.33 Å². The van der Waals surface area contributed by atoms with Gasteiger partial charge in [0.2, 0.25) is 0 Å². The highest BCUT2D eigenvalue weighted by molar-refractivity contribution is 9.09. The summed E-state index contributed by atoms with van der Waals surface area (Å²) < 4.78 is 4.89. The fourth-order valence-corrected chi connectivity index (χ4v) is 1.05. The van der Waals surface area contributed by atoms with Gasteiger partial charge in [0, 0.05) is 5.33 Å². The topological polar surface area (TPSA) is 75.6 Å². The molecule has 14 heavy (non-hydrogen) atoms. The Bertz CT molecular complexity index is 224. The molecule has 0 radical (unpaired) electrons. The van der Waals surface area contributed by atoms with Crippen molar-refractivity contribution in [3.05, 3.63) is 0 Å². The first kappa shape index (κ1) is 13.2. The monoisotopic (exact) mass is 267 g/mol. The molecule has 5 nitrogen and oxygen atoms in total. The predicted octanol–water partition coefficient (Wildman–Crippen LogP) is 1.36. The Morgan fingerprint density at radius 1 is 1.50 bits per heavy atom. The zero-order chi connectivity index (χ0) is 11.4. The molecule has 1 amide bonds. The van der Waals surface area contributed by atoms with Gasteiger partial charge in [-0.1, -0.05) is 15.9 Å². The van der Waals surface area contributed by atoms with Gasteiger partial charge in [0.1, 0.15) is 11.6 Å². The van der Waals surface area contributed by atoms with Gasteiger partial charge < -0.3 is 15.2 Å². The first-order chi connectivity index (χ1) is 6.26. The molecule has 0 aliphatic heterocycles. The number of alkyl carbamates (subject to hydrolysis) is 1. The van der Waals surface area contributed by atoms with Crippen molar-refractivity contribution in [2.75, 3.05) is 5.33 Å². The van der Waals surface area contributed by atoms with E-state index in [0.29, 0.717) is 0 Å². The molecular weight excluding hydrogens is 254 g/mol. The number of carbonyl (C=O) groups excluding carboxylic acids is 1. The summed E-state index contributed by atoms with van der Waals surface area (Å²) in [4.78, 5) is 21.6. The fraction of sp³-hybridized carbons (Fsp3) is 0.750. The summed E-state index contributed by atoms with van der Waals surface area (Å²) in [7, 11) is 0. The predicted molar refractivity (Wildman–Crippen MR) is 54.6 cm³/mol. The SMILES string of the molecule is CC(C)(C)OC(=O)NC(CBr)C(=O)O. The van der Waals surface area contributed by atoms with Crippen LogP contribution in [-0.2, 0) is 9.53 Å². The van der Waals surface area contributed by atoms with E-state index in [0.717, 1.165) is 0 Å². The van der Waals surface area contributed by atoms with Gasteiger partial charge in [-0.15, -0.1) is 0 Å². The van der Waals surface area contributed by atoms with Gasteiger partial charge >= 0.3 is 12.1 Å². The average Bonchev–Trinajstić information content (AvgIpc) is 1.96. The van der Waals surface area contributed by atoms with Gasteiger partial charge in [-0.05, 0) is 20.8 Å². The minimum atomic E-state index is -1.10. The van der Waals surface area contributed by atoms with Gasteiger partial charge in [-0.25, -0.2) is 9.59 Å². The summed E-state index contributed by atoms with van der Waals surface area (Å²) >= 11 is 2.97. The molecule has 0 fully saturated rings. The largest absolute Gasteiger partial charge is 0.480 e. The molecule has 0 spiro atoms. The number of hydrogen-bond donors (Lipinski definition) is 2. The van der Waals surface area contributed by atoms with E-state index < -0.39 is 23.7 Å². The normalized spacial score (nSPS) is 13.1. The zero-order valence-corrected chi connectivity index (χ0v) is 9.92. The lowest BCUT2D eigenvalue weighted by Gasteiger charge is -2.21. The minimum Gasteiger partial charge on any atom is -0.480 e. The molecule has 0 bridgehead atoms. The van der Waals surface area contributed by atoms with E-state index in [1.54, 1.807) is 20.8 Å². The Morgan fingerprint density at radius 3 is 2.29 bits per heavy atom. The van der Waals surface area contributed by atoms with Gasteiger partial charge in [-0.3, -0.25) is 0 Å². The average molecular weight is 268 g/mol. The van der Waals surface area contributed by atoms with Crippen LogP contribution in [0.15, 0.2) is 0 Å². The number of aliphatic carboxylic acids is 1. The Balaban J connectivity index is 4.11. The lowest BCUT2D eigenvalue weighted by atomic mass is 10.2. The molecule has 0 saturated carbocycles. The van der Waals surface area contributed by atoms with Crippen molar-refractivity contribution in [3.63, 3.8) is 0 Å². The van der Waals surface area contributed by atoms with Gasteiger partial charge in [-0.2, -0.15) is 0 Å². The van der Waals surface area contributed by atoms with E-state index in [1.807, 2.05) is 0 Å². The van der Waals surface area contributed by atoms with Crippen LogP contribution in [0.4, 0.5) is 4.79 Å².